The van der Waals surface area contributed by atoms with Crippen LogP contribution in [0.25, 0.3) is 11.0 Å². The van der Waals surface area contributed by atoms with E-state index in [2.05, 4.69) is 56.2 Å². The van der Waals surface area contributed by atoms with Crippen LogP contribution in [0.5, 0.6) is 0 Å². The number of hydrogen-bond acceptors (Lipinski definition) is 7. The molecule has 1 fully saturated rings. The minimum Gasteiger partial charge on any atom is -0.468 e. The van der Waals surface area contributed by atoms with E-state index >= 15 is 0 Å². The van der Waals surface area contributed by atoms with Gasteiger partial charge in [0.15, 0.2) is 5.16 Å². The summed E-state index contributed by atoms with van der Waals surface area (Å²) in [5, 5.41) is -0.0921. The minimum atomic E-state index is -0.606. The second kappa shape index (κ2) is 11.1. The molecule has 3 aromatic carbocycles. The first-order valence-electron chi connectivity index (χ1n) is 12.2. The third-order valence-electron chi connectivity index (χ3n) is 6.58. The molecule has 0 spiro atoms. The topological polar surface area (TPSA) is 105 Å². The number of ether oxygens (including phenoxy) is 1. The maximum atomic E-state index is 12.7. The molecule has 1 unspecified atom stereocenters. The Labute approximate surface area is 219 Å². The first-order valence-corrected chi connectivity index (χ1v) is 13.0. The predicted molar refractivity (Wildman–Crippen MR) is 146 cm³/mol. The van der Waals surface area contributed by atoms with Crippen LogP contribution < -0.4 is 10.6 Å². The van der Waals surface area contributed by atoms with Gasteiger partial charge in [-0.2, -0.15) is 0 Å². The van der Waals surface area contributed by atoms with E-state index in [-0.39, 0.29) is 5.97 Å². The van der Waals surface area contributed by atoms with Crippen LogP contribution in [0.2, 0.25) is 0 Å². The Morgan fingerprint density at radius 2 is 1.73 bits per heavy atom. The molecule has 4 aromatic rings. The van der Waals surface area contributed by atoms with E-state index < -0.39 is 11.2 Å². The van der Waals surface area contributed by atoms with Gasteiger partial charge >= 0.3 is 5.97 Å². The number of nitrogens with one attached hydrogen (secondary N) is 1. The number of aromatic amines is 1. The number of amides is 1. The van der Waals surface area contributed by atoms with Crippen LogP contribution in [0.3, 0.4) is 0 Å². The number of methoxy groups -OCH3 is 1. The maximum absolute atomic E-state index is 12.7. The van der Waals surface area contributed by atoms with Gasteiger partial charge in [0.05, 0.1) is 18.2 Å². The molecule has 190 valence electrons. The minimum absolute atomic E-state index is 0.337. The summed E-state index contributed by atoms with van der Waals surface area (Å²) >= 11 is 1.25. The molecule has 1 aromatic heterocycles. The number of aromatic nitrogens is 2. The van der Waals surface area contributed by atoms with Gasteiger partial charge in [-0.25, -0.2) is 4.98 Å². The summed E-state index contributed by atoms with van der Waals surface area (Å²) in [4.78, 5) is 37.0. The molecule has 5 rings (SSSR count). The number of esters is 1. The zero-order chi connectivity index (χ0) is 25.8. The number of nitrogens with two attached hydrogens (primary N) is 1. The largest absolute Gasteiger partial charge is 0.468 e. The number of H-pyrrole nitrogens is 1. The van der Waals surface area contributed by atoms with Crippen molar-refractivity contribution in [3.8, 4) is 0 Å². The fourth-order valence-electron chi connectivity index (χ4n) is 4.59. The summed E-state index contributed by atoms with van der Waals surface area (Å²) in [6.45, 7) is 4.85. The van der Waals surface area contributed by atoms with Gasteiger partial charge < -0.3 is 20.4 Å². The maximum Gasteiger partial charge on any atom is 0.323 e. The second-order valence-electron chi connectivity index (χ2n) is 8.97. The number of piperazine rings is 1. The van der Waals surface area contributed by atoms with Crippen molar-refractivity contribution >= 4 is 40.4 Å². The van der Waals surface area contributed by atoms with E-state index in [0.29, 0.717) is 21.8 Å². The number of nitrogens with zero attached hydrogens (tertiary/aromatic N) is 3. The van der Waals surface area contributed by atoms with Gasteiger partial charge in [-0.1, -0.05) is 60.3 Å². The molecule has 3 N–H and O–H groups in total. The quantitative estimate of drug-likeness (QED) is 0.270. The lowest BCUT2D eigenvalue weighted by molar-refractivity contribution is -0.140. The molecule has 1 aliphatic heterocycles. The lowest BCUT2D eigenvalue weighted by Crippen LogP contribution is -2.45. The molecular weight excluding hydrogens is 486 g/mol. The van der Waals surface area contributed by atoms with Gasteiger partial charge in [-0.15, -0.1) is 0 Å². The van der Waals surface area contributed by atoms with Crippen LogP contribution in [0, 0.1) is 0 Å². The van der Waals surface area contributed by atoms with E-state index in [1.807, 2.05) is 24.3 Å². The van der Waals surface area contributed by atoms with Gasteiger partial charge in [-0.05, 0) is 35.4 Å². The lowest BCUT2D eigenvalue weighted by Gasteiger charge is -2.36. The monoisotopic (exact) mass is 515 g/mol. The molecule has 9 heteroatoms. The Morgan fingerprint density at radius 3 is 2.41 bits per heavy atom. The number of carbonyl (C=O) groups is 2. The molecule has 37 heavy (non-hydrogen) atoms. The Hall–Kier alpha value is -3.82. The summed E-state index contributed by atoms with van der Waals surface area (Å²) in [6, 6.07) is 23.8. The standard InChI is InChI=1S/C28H29N5O3S/c1-36-27(35)25(37-28-30-23-9-5-8-22(26(29)34)24(23)31-28)20-12-10-19(11-13-20)18-32-14-16-33(17-15-32)21-6-3-2-4-7-21/h2-13,25H,14-18H2,1H3,(H2,29,34)(H,30,31). The number of benzene rings is 3. The normalized spacial score (nSPS) is 15.0. The summed E-state index contributed by atoms with van der Waals surface area (Å²) in [7, 11) is 1.38. The van der Waals surface area contributed by atoms with E-state index in [1.165, 1.54) is 30.1 Å². The van der Waals surface area contributed by atoms with Crippen molar-refractivity contribution in [3.05, 3.63) is 89.5 Å². The second-order valence-corrected chi connectivity index (χ2v) is 10.1. The average Bonchev–Trinajstić information content (AvgIpc) is 3.35. The van der Waals surface area contributed by atoms with E-state index in [0.717, 1.165) is 38.3 Å². The summed E-state index contributed by atoms with van der Waals surface area (Å²) in [6.07, 6.45) is 0. The van der Waals surface area contributed by atoms with Crippen molar-refractivity contribution in [2.75, 3.05) is 38.2 Å². The highest BCUT2D eigenvalue weighted by molar-refractivity contribution is 8.00. The smallest absolute Gasteiger partial charge is 0.323 e. The summed E-state index contributed by atoms with van der Waals surface area (Å²) in [5.74, 6) is -0.916. The van der Waals surface area contributed by atoms with Gasteiger partial charge in [0.2, 0.25) is 0 Å². The van der Waals surface area contributed by atoms with Crippen molar-refractivity contribution in [2.24, 2.45) is 5.73 Å². The van der Waals surface area contributed by atoms with Gasteiger partial charge in [0, 0.05) is 38.4 Å². The van der Waals surface area contributed by atoms with Crippen molar-refractivity contribution in [1.29, 1.82) is 0 Å². The molecular formula is C28H29N5O3S. The number of rotatable bonds is 8. The summed E-state index contributed by atoms with van der Waals surface area (Å²) in [5.41, 5.74) is 10.3. The highest BCUT2D eigenvalue weighted by Gasteiger charge is 2.25. The number of hydrogen-bond donors (Lipinski definition) is 2. The number of primary amides is 1. The van der Waals surface area contributed by atoms with Crippen molar-refractivity contribution in [3.63, 3.8) is 0 Å². The van der Waals surface area contributed by atoms with Crippen LogP contribution in [-0.2, 0) is 16.1 Å². The number of para-hydroxylation sites is 2. The van der Waals surface area contributed by atoms with Gasteiger partial charge in [0.25, 0.3) is 5.91 Å². The SMILES string of the molecule is COC(=O)C(Sc1nc2c(C(N)=O)cccc2[nH]1)c1ccc(CN2CCN(c3ccccc3)CC2)cc1. The van der Waals surface area contributed by atoms with Crippen LogP contribution in [0.4, 0.5) is 5.69 Å². The van der Waals surface area contributed by atoms with Gasteiger partial charge in [0.1, 0.15) is 10.8 Å². The van der Waals surface area contributed by atoms with Gasteiger partial charge in [-0.3, -0.25) is 14.5 Å². The highest BCUT2D eigenvalue weighted by Crippen LogP contribution is 2.36. The fourth-order valence-corrected chi connectivity index (χ4v) is 5.62. The number of carbonyl (C=O) groups excluding carboxylic acids is 2. The van der Waals surface area contributed by atoms with Crippen LogP contribution in [-0.4, -0.2) is 60.0 Å². The first-order chi connectivity index (χ1) is 18.0. The van der Waals surface area contributed by atoms with Crippen LogP contribution in [0.15, 0.2) is 78.0 Å². The van der Waals surface area contributed by atoms with Crippen molar-refractivity contribution < 1.29 is 14.3 Å². The third-order valence-corrected chi connectivity index (χ3v) is 7.70. The number of imidazole rings is 1. The first kappa shape index (κ1) is 24.9. The number of fused-ring (bicyclic) bond motifs is 1. The van der Waals surface area contributed by atoms with Crippen LogP contribution in [0.1, 0.15) is 26.7 Å². The predicted octanol–water partition coefficient (Wildman–Crippen LogP) is 3.99. The van der Waals surface area contributed by atoms with Crippen molar-refractivity contribution in [1.82, 2.24) is 14.9 Å². The van der Waals surface area contributed by atoms with E-state index in [9.17, 15) is 9.59 Å². The Bertz CT molecular complexity index is 1380. The molecule has 1 atom stereocenters. The van der Waals surface area contributed by atoms with E-state index in [4.69, 9.17) is 10.5 Å². The van der Waals surface area contributed by atoms with Crippen molar-refractivity contribution in [2.45, 2.75) is 17.0 Å². The molecule has 0 saturated carbocycles. The molecule has 0 aliphatic carbocycles. The average molecular weight is 516 g/mol. The molecule has 1 amide bonds. The Balaban J connectivity index is 1.26. The molecule has 0 radical (unpaired) electrons. The lowest BCUT2D eigenvalue weighted by atomic mass is 10.1. The molecule has 2 heterocycles. The molecule has 0 bridgehead atoms. The Morgan fingerprint density at radius 1 is 1.00 bits per heavy atom. The fraction of sp³-hybridized carbons (Fsp3) is 0.250. The third kappa shape index (κ3) is 5.63. The van der Waals surface area contributed by atoms with Crippen LogP contribution >= 0.6 is 11.8 Å². The highest BCUT2D eigenvalue weighted by atomic mass is 32.2. The molecule has 1 saturated heterocycles. The number of anilines is 1. The zero-order valence-corrected chi connectivity index (χ0v) is 21.4. The Kier molecular flexibility index (Phi) is 7.43. The number of thioether (sulfide) groups is 1. The zero-order valence-electron chi connectivity index (χ0n) is 20.6. The summed E-state index contributed by atoms with van der Waals surface area (Å²) < 4.78 is 5.08. The molecule has 1 aliphatic rings. The molecule has 8 nitrogen and oxygen atoms in total. The van der Waals surface area contributed by atoms with E-state index in [1.54, 1.807) is 12.1 Å².